The Morgan fingerprint density at radius 1 is 1.00 bits per heavy atom. The summed E-state index contributed by atoms with van der Waals surface area (Å²) in [6, 6.07) is 11.1. The van der Waals surface area contributed by atoms with E-state index in [1.54, 1.807) is 37.1 Å². The number of ether oxygens (including phenoxy) is 3. The molecule has 9 heteroatoms. The van der Waals surface area contributed by atoms with Crippen molar-refractivity contribution < 1.29 is 23.8 Å². The molecular formula is C26H30ClN3O5. The highest BCUT2D eigenvalue weighted by molar-refractivity contribution is 6.31. The molecule has 0 aliphatic rings. The first kappa shape index (κ1) is 26.1. The lowest BCUT2D eigenvalue weighted by atomic mass is 10.1. The molecule has 1 amide bonds. The van der Waals surface area contributed by atoms with Gasteiger partial charge in [-0.05, 0) is 56.2 Å². The molecule has 3 aromatic rings. The Hall–Kier alpha value is -3.52. The molecule has 0 bridgehead atoms. The number of nitrogens with zero attached hydrogens (tertiary/aromatic N) is 3. The monoisotopic (exact) mass is 499 g/mol. The lowest BCUT2D eigenvalue weighted by Crippen LogP contribution is -2.37. The van der Waals surface area contributed by atoms with Crippen molar-refractivity contribution >= 4 is 23.5 Å². The fraction of sp³-hybridized carbons (Fsp3) is 0.346. The van der Waals surface area contributed by atoms with Crippen LogP contribution in [0.25, 0.3) is 5.69 Å². The zero-order valence-electron chi connectivity index (χ0n) is 20.8. The molecule has 0 saturated heterocycles. The molecule has 0 radical (unpaired) electrons. The maximum Gasteiger partial charge on any atom is 0.325 e. The summed E-state index contributed by atoms with van der Waals surface area (Å²) in [5, 5.41) is 5.28. The Kier molecular flexibility index (Phi) is 8.40. The van der Waals surface area contributed by atoms with E-state index in [4.69, 9.17) is 25.8 Å². The number of methoxy groups -OCH3 is 3. The second-order valence-electron chi connectivity index (χ2n) is 8.22. The lowest BCUT2D eigenvalue weighted by molar-refractivity contribution is -0.147. The van der Waals surface area contributed by atoms with Gasteiger partial charge in [-0.1, -0.05) is 17.7 Å². The molecule has 0 unspecified atom stereocenters. The van der Waals surface area contributed by atoms with Gasteiger partial charge in [0, 0.05) is 28.9 Å². The molecule has 0 atom stereocenters. The maximum atomic E-state index is 13.4. The number of esters is 1. The third kappa shape index (κ3) is 6.14. The average molecular weight is 500 g/mol. The van der Waals surface area contributed by atoms with Crippen molar-refractivity contribution in [2.75, 3.05) is 27.9 Å². The minimum Gasteiger partial charge on any atom is -0.497 e. The Balaban J connectivity index is 1.90. The fourth-order valence-electron chi connectivity index (χ4n) is 3.79. The number of carbonyl (C=O) groups is 2. The summed E-state index contributed by atoms with van der Waals surface area (Å²) in [7, 11) is 4.41. The molecule has 0 spiro atoms. The van der Waals surface area contributed by atoms with Crippen molar-refractivity contribution in [3.63, 3.8) is 0 Å². The number of aromatic nitrogens is 2. The van der Waals surface area contributed by atoms with Crippen LogP contribution >= 0.6 is 11.6 Å². The van der Waals surface area contributed by atoms with Gasteiger partial charge in [0.05, 0.1) is 39.1 Å². The number of benzene rings is 2. The lowest BCUT2D eigenvalue weighted by Gasteiger charge is -2.22. The van der Waals surface area contributed by atoms with Gasteiger partial charge in [-0.3, -0.25) is 9.59 Å². The second kappa shape index (κ2) is 11.3. The number of hydrogen-bond acceptors (Lipinski definition) is 6. The second-order valence-corrected chi connectivity index (χ2v) is 8.63. The van der Waals surface area contributed by atoms with E-state index in [1.807, 2.05) is 39.0 Å². The van der Waals surface area contributed by atoms with E-state index in [2.05, 4.69) is 5.10 Å². The SMILES string of the molecule is COC(=O)CN(Cc1cc(OC)cc(OC)c1)C(=O)Cc1c(C)nn(-c2ccc(C)c(Cl)c2)c1C. The van der Waals surface area contributed by atoms with Crippen molar-refractivity contribution in [3.8, 4) is 17.2 Å². The number of aryl methyl sites for hydroxylation is 2. The normalized spacial score (nSPS) is 10.7. The molecule has 0 saturated carbocycles. The number of carbonyl (C=O) groups excluding carboxylic acids is 2. The molecule has 0 fully saturated rings. The summed E-state index contributed by atoms with van der Waals surface area (Å²) in [6.45, 7) is 5.70. The van der Waals surface area contributed by atoms with Crippen molar-refractivity contribution in [3.05, 3.63) is 69.5 Å². The van der Waals surface area contributed by atoms with Crippen LogP contribution in [0, 0.1) is 20.8 Å². The van der Waals surface area contributed by atoms with E-state index < -0.39 is 5.97 Å². The molecule has 3 rings (SSSR count). The van der Waals surface area contributed by atoms with Crippen LogP contribution < -0.4 is 9.47 Å². The van der Waals surface area contributed by atoms with Gasteiger partial charge in [0.1, 0.15) is 18.0 Å². The number of rotatable bonds is 9. The number of halogens is 1. The topological polar surface area (TPSA) is 82.9 Å². The average Bonchev–Trinajstić information content (AvgIpc) is 3.13. The Morgan fingerprint density at radius 3 is 2.23 bits per heavy atom. The van der Waals surface area contributed by atoms with E-state index in [-0.39, 0.29) is 25.4 Å². The number of hydrogen-bond donors (Lipinski definition) is 0. The van der Waals surface area contributed by atoms with Crippen molar-refractivity contribution in [2.45, 2.75) is 33.7 Å². The summed E-state index contributed by atoms with van der Waals surface area (Å²) in [5.41, 5.74) is 4.90. The van der Waals surface area contributed by atoms with Crippen LogP contribution in [0.1, 0.15) is 28.1 Å². The molecule has 0 aliphatic carbocycles. The maximum absolute atomic E-state index is 13.4. The predicted molar refractivity (Wildman–Crippen MR) is 133 cm³/mol. The molecule has 35 heavy (non-hydrogen) atoms. The highest BCUT2D eigenvalue weighted by Gasteiger charge is 2.23. The van der Waals surface area contributed by atoms with Crippen LogP contribution in [-0.2, 0) is 27.3 Å². The molecule has 186 valence electrons. The first-order valence-electron chi connectivity index (χ1n) is 11.0. The molecule has 0 N–H and O–H groups in total. The minimum atomic E-state index is -0.508. The highest BCUT2D eigenvalue weighted by atomic mass is 35.5. The van der Waals surface area contributed by atoms with Gasteiger partial charge in [-0.15, -0.1) is 0 Å². The summed E-state index contributed by atoms with van der Waals surface area (Å²) in [5.74, 6) is 0.445. The van der Waals surface area contributed by atoms with Crippen molar-refractivity contribution in [1.82, 2.24) is 14.7 Å². The first-order chi connectivity index (χ1) is 16.7. The smallest absolute Gasteiger partial charge is 0.325 e. The summed E-state index contributed by atoms with van der Waals surface area (Å²) in [6.07, 6.45) is 0.0787. The van der Waals surface area contributed by atoms with Gasteiger partial charge in [-0.2, -0.15) is 5.10 Å². The van der Waals surface area contributed by atoms with Gasteiger partial charge in [0.15, 0.2) is 0 Å². The number of amides is 1. The molecular weight excluding hydrogens is 470 g/mol. The van der Waals surface area contributed by atoms with Crippen LogP contribution in [0.3, 0.4) is 0 Å². The van der Waals surface area contributed by atoms with Gasteiger partial charge in [-0.25, -0.2) is 4.68 Å². The molecule has 8 nitrogen and oxygen atoms in total. The quantitative estimate of drug-likeness (QED) is 0.410. The predicted octanol–water partition coefficient (Wildman–Crippen LogP) is 4.21. The van der Waals surface area contributed by atoms with E-state index in [9.17, 15) is 9.59 Å². The van der Waals surface area contributed by atoms with Crippen LogP contribution in [-0.4, -0.2) is 54.4 Å². The Labute approximate surface area is 210 Å². The largest absolute Gasteiger partial charge is 0.497 e. The zero-order chi connectivity index (χ0) is 25.7. The van der Waals surface area contributed by atoms with Gasteiger partial charge < -0.3 is 19.1 Å². The van der Waals surface area contributed by atoms with E-state index in [0.717, 1.165) is 33.8 Å². The Bertz CT molecular complexity index is 1220. The molecule has 2 aromatic carbocycles. The van der Waals surface area contributed by atoms with E-state index in [1.165, 1.54) is 12.0 Å². The highest BCUT2D eigenvalue weighted by Crippen LogP contribution is 2.25. The van der Waals surface area contributed by atoms with Crippen molar-refractivity contribution in [1.29, 1.82) is 0 Å². The van der Waals surface area contributed by atoms with Crippen LogP contribution in [0.15, 0.2) is 36.4 Å². The van der Waals surface area contributed by atoms with Crippen molar-refractivity contribution in [2.24, 2.45) is 0 Å². The molecule has 1 heterocycles. The Morgan fingerprint density at radius 2 is 1.66 bits per heavy atom. The summed E-state index contributed by atoms with van der Waals surface area (Å²) in [4.78, 5) is 27.0. The third-order valence-corrected chi connectivity index (χ3v) is 6.26. The fourth-order valence-corrected chi connectivity index (χ4v) is 3.96. The molecule has 0 aliphatic heterocycles. The van der Waals surface area contributed by atoms with Crippen LogP contribution in [0.5, 0.6) is 11.5 Å². The molecule has 1 aromatic heterocycles. The van der Waals surface area contributed by atoms with Crippen LogP contribution in [0.2, 0.25) is 5.02 Å². The zero-order valence-corrected chi connectivity index (χ0v) is 21.6. The van der Waals surface area contributed by atoms with Gasteiger partial charge in [0.25, 0.3) is 0 Å². The van der Waals surface area contributed by atoms with E-state index in [0.29, 0.717) is 16.5 Å². The standard InChI is InChI=1S/C26H30ClN3O5/c1-16-7-8-20(11-24(16)27)30-18(3)23(17(2)28-30)13-25(31)29(15-26(32)35-6)14-19-9-21(33-4)12-22(10-19)34-5/h7-12H,13-15H2,1-6H3. The minimum absolute atomic E-state index is 0.0787. The summed E-state index contributed by atoms with van der Waals surface area (Å²) < 4.78 is 17.3. The first-order valence-corrected chi connectivity index (χ1v) is 11.4. The van der Waals surface area contributed by atoms with Gasteiger partial charge >= 0.3 is 5.97 Å². The van der Waals surface area contributed by atoms with E-state index >= 15 is 0 Å². The summed E-state index contributed by atoms with van der Waals surface area (Å²) >= 11 is 6.31. The third-order valence-electron chi connectivity index (χ3n) is 5.85. The van der Waals surface area contributed by atoms with Crippen LogP contribution in [0.4, 0.5) is 0 Å². The van der Waals surface area contributed by atoms with Gasteiger partial charge in [0.2, 0.25) is 5.91 Å².